The molecular weight excluding hydrogens is 182 g/mol. The number of rotatable bonds is 5. The summed E-state index contributed by atoms with van der Waals surface area (Å²) in [6.45, 7) is 4.15. The second-order valence-electron chi connectivity index (χ2n) is 4.28. The van der Waals surface area contributed by atoms with Crippen LogP contribution in [-0.2, 0) is 9.53 Å². The number of methoxy groups -OCH3 is 1. The predicted octanol–water partition coefficient (Wildman–Crippen LogP) is 0.395. The molecule has 1 aliphatic rings. The lowest BCUT2D eigenvalue weighted by molar-refractivity contribution is -0.149. The van der Waals surface area contributed by atoms with Gasteiger partial charge in [0.05, 0.1) is 6.61 Å². The molecule has 0 aliphatic heterocycles. The Kier molecular flexibility index (Phi) is 3.50. The second-order valence-corrected chi connectivity index (χ2v) is 4.28. The van der Waals surface area contributed by atoms with Gasteiger partial charge in [0.15, 0.2) is 0 Å². The fourth-order valence-corrected chi connectivity index (χ4v) is 1.38. The van der Waals surface area contributed by atoms with E-state index in [1.165, 1.54) is 13.8 Å². The summed E-state index contributed by atoms with van der Waals surface area (Å²) >= 11 is 0. The van der Waals surface area contributed by atoms with Crippen molar-refractivity contribution in [2.75, 3.05) is 20.3 Å². The lowest BCUT2D eigenvalue weighted by Crippen LogP contribution is -2.47. The number of ether oxygens (including phenoxy) is 1. The maximum Gasteiger partial charge on any atom is 0.254 e. The van der Waals surface area contributed by atoms with Crippen LogP contribution < -0.4 is 0 Å². The fourth-order valence-electron chi connectivity index (χ4n) is 1.38. The van der Waals surface area contributed by atoms with Gasteiger partial charge in [-0.05, 0) is 26.7 Å². The molecule has 14 heavy (non-hydrogen) atoms. The minimum Gasteiger partial charge on any atom is -0.383 e. The van der Waals surface area contributed by atoms with Crippen LogP contribution in [0.5, 0.6) is 0 Å². The molecule has 0 aromatic carbocycles. The first-order valence-corrected chi connectivity index (χ1v) is 4.99. The minimum atomic E-state index is -1.27. The number of carbonyl (C=O) groups excluding carboxylic acids is 1. The Hall–Kier alpha value is -0.610. The van der Waals surface area contributed by atoms with Crippen molar-refractivity contribution >= 4 is 5.91 Å². The zero-order valence-electron chi connectivity index (χ0n) is 9.12. The van der Waals surface area contributed by atoms with Crippen molar-refractivity contribution in [3.63, 3.8) is 0 Å². The molecule has 0 radical (unpaired) electrons. The van der Waals surface area contributed by atoms with Gasteiger partial charge in [-0.1, -0.05) is 0 Å². The molecule has 0 atom stereocenters. The lowest BCUT2D eigenvalue weighted by Gasteiger charge is -2.28. The van der Waals surface area contributed by atoms with Gasteiger partial charge in [0, 0.05) is 19.7 Å². The summed E-state index contributed by atoms with van der Waals surface area (Å²) in [5.74, 6) is -0.197. The van der Waals surface area contributed by atoms with E-state index in [0.717, 1.165) is 12.8 Å². The molecular formula is C10H19NO3. The van der Waals surface area contributed by atoms with Crippen molar-refractivity contribution in [1.82, 2.24) is 4.90 Å². The number of hydrogen-bond acceptors (Lipinski definition) is 3. The maximum absolute atomic E-state index is 11.8. The van der Waals surface area contributed by atoms with Crippen LogP contribution in [0.2, 0.25) is 0 Å². The summed E-state index contributed by atoms with van der Waals surface area (Å²) in [6.07, 6.45) is 2.09. The molecule has 4 heteroatoms. The molecule has 0 heterocycles. The summed E-state index contributed by atoms with van der Waals surface area (Å²) in [6, 6.07) is 0.323. The Bertz CT molecular complexity index is 206. The fraction of sp³-hybridized carbons (Fsp3) is 0.900. The number of nitrogens with zero attached hydrogens (tertiary/aromatic N) is 1. The molecule has 0 unspecified atom stereocenters. The summed E-state index contributed by atoms with van der Waals surface area (Å²) in [4.78, 5) is 13.5. The molecule has 1 aliphatic carbocycles. The normalized spacial score (nSPS) is 16.9. The third kappa shape index (κ3) is 2.96. The van der Waals surface area contributed by atoms with E-state index in [2.05, 4.69) is 0 Å². The van der Waals surface area contributed by atoms with Gasteiger partial charge in [0.2, 0.25) is 0 Å². The van der Waals surface area contributed by atoms with Crippen molar-refractivity contribution in [3.8, 4) is 0 Å². The van der Waals surface area contributed by atoms with Crippen molar-refractivity contribution in [1.29, 1.82) is 0 Å². The van der Waals surface area contributed by atoms with Crippen LogP contribution in [0, 0.1) is 0 Å². The van der Waals surface area contributed by atoms with Crippen molar-refractivity contribution in [3.05, 3.63) is 0 Å². The average molecular weight is 201 g/mol. The van der Waals surface area contributed by atoms with E-state index >= 15 is 0 Å². The van der Waals surface area contributed by atoms with E-state index in [9.17, 15) is 9.90 Å². The zero-order chi connectivity index (χ0) is 10.8. The van der Waals surface area contributed by atoms with Crippen molar-refractivity contribution in [2.45, 2.75) is 38.3 Å². The molecule has 0 aromatic heterocycles. The number of amides is 1. The predicted molar refractivity (Wildman–Crippen MR) is 52.9 cm³/mol. The van der Waals surface area contributed by atoms with E-state index in [1.54, 1.807) is 12.0 Å². The van der Waals surface area contributed by atoms with Crippen molar-refractivity contribution < 1.29 is 14.6 Å². The van der Waals surface area contributed by atoms with Gasteiger partial charge in [-0.3, -0.25) is 4.79 Å². The summed E-state index contributed by atoms with van der Waals surface area (Å²) in [5, 5.41) is 9.60. The van der Waals surface area contributed by atoms with Gasteiger partial charge < -0.3 is 14.7 Å². The van der Waals surface area contributed by atoms with Gasteiger partial charge in [0.25, 0.3) is 5.91 Å². The molecule has 82 valence electrons. The molecule has 4 nitrogen and oxygen atoms in total. The Balaban J connectivity index is 2.53. The Morgan fingerprint density at radius 3 is 2.50 bits per heavy atom. The highest BCUT2D eigenvalue weighted by atomic mass is 16.5. The first-order valence-electron chi connectivity index (χ1n) is 4.99. The van der Waals surface area contributed by atoms with Crippen LogP contribution in [0.1, 0.15) is 26.7 Å². The van der Waals surface area contributed by atoms with E-state index in [1.807, 2.05) is 0 Å². The van der Waals surface area contributed by atoms with E-state index in [0.29, 0.717) is 19.2 Å². The van der Waals surface area contributed by atoms with Gasteiger partial charge in [0.1, 0.15) is 5.60 Å². The molecule has 0 spiro atoms. The Labute approximate surface area is 84.8 Å². The van der Waals surface area contributed by atoms with Gasteiger partial charge in [-0.2, -0.15) is 0 Å². The van der Waals surface area contributed by atoms with Gasteiger partial charge >= 0.3 is 0 Å². The zero-order valence-corrected chi connectivity index (χ0v) is 9.12. The lowest BCUT2D eigenvalue weighted by atomic mass is 10.1. The minimum absolute atomic E-state index is 0.197. The third-order valence-corrected chi connectivity index (χ3v) is 2.31. The largest absolute Gasteiger partial charge is 0.383 e. The topological polar surface area (TPSA) is 49.8 Å². The standard InChI is InChI=1S/C10H19NO3/c1-10(2,13)9(12)11(6-7-14-3)8-4-5-8/h8,13H,4-7H2,1-3H3. The van der Waals surface area contributed by atoms with Crippen LogP contribution in [0.3, 0.4) is 0 Å². The summed E-state index contributed by atoms with van der Waals surface area (Å²) in [5.41, 5.74) is -1.27. The molecule has 1 saturated carbocycles. The summed E-state index contributed by atoms with van der Waals surface area (Å²) in [7, 11) is 1.61. The molecule has 0 saturated heterocycles. The average Bonchev–Trinajstić information content (AvgIpc) is 2.86. The number of aliphatic hydroxyl groups is 1. The van der Waals surface area contributed by atoms with Crippen LogP contribution >= 0.6 is 0 Å². The second kappa shape index (κ2) is 4.28. The molecule has 1 fully saturated rings. The highest BCUT2D eigenvalue weighted by Crippen LogP contribution is 2.28. The SMILES string of the molecule is COCCN(C(=O)C(C)(C)O)C1CC1. The summed E-state index contributed by atoms with van der Waals surface area (Å²) < 4.78 is 4.94. The molecule has 1 N–H and O–H groups in total. The highest BCUT2D eigenvalue weighted by Gasteiger charge is 2.38. The smallest absolute Gasteiger partial charge is 0.254 e. The molecule has 1 amide bonds. The molecule has 0 aromatic rings. The molecule has 0 bridgehead atoms. The van der Waals surface area contributed by atoms with Crippen LogP contribution in [0.15, 0.2) is 0 Å². The monoisotopic (exact) mass is 201 g/mol. The number of hydrogen-bond donors (Lipinski definition) is 1. The maximum atomic E-state index is 11.8. The third-order valence-electron chi connectivity index (χ3n) is 2.31. The van der Waals surface area contributed by atoms with Crippen molar-refractivity contribution in [2.24, 2.45) is 0 Å². The molecule has 1 rings (SSSR count). The van der Waals surface area contributed by atoms with Crippen LogP contribution in [0.25, 0.3) is 0 Å². The first-order chi connectivity index (χ1) is 6.46. The van der Waals surface area contributed by atoms with Crippen LogP contribution in [-0.4, -0.2) is 47.8 Å². The number of carbonyl (C=O) groups is 1. The highest BCUT2D eigenvalue weighted by molar-refractivity contribution is 5.84. The first kappa shape index (κ1) is 11.5. The van der Waals surface area contributed by atoms with E-state index < -0.39 is 5.60 Å². The van der Waals surface area contributed by atoms with E-state index in [-0.39, 0.29) is 5.91 Å². The van der Waals surface area contributed by atoms with Crippen LogP contribution in [0.4, 0.5) is 0 Å². The van der Waals surface area contributed by atoms with Gasteiger partial charge in [-0.15, -0.1) is 0 Å². The quantitative estimate of drug-likeness (QED) is 0.700. The Morgan fingerprint density at radius 1 is 1.57 bits per heavy atom. The van der Waals surface area contributed by atoms with E-state index in [4.69, 9.17) is 4.74 Å². The van der Waals surface area contributed by atoms with Gasteiger partial charge in [-0.25, -0.2) is 0 Å². The Morgan fingerprint density at radius 2 is 2.14 bits per heavy atom.